The molecule has 1 atom stereocenters. The van der Waals surface area contributed by atoms with Gasteiger partial charge in [-0.05, 0) is 50.2 Å². The molecule has 2 rings (SSSR count). The third-order valence-electron chi connectivity index (χ3n) is 3.00. The van der Waals surface area contributed by atoms with E-state index in [9.17, 15) is 13.2 Å². The van der Waals surface area contributed by atoms with Crippen LogP contribution in [0.5, 0.6) is 0 Å². The normalized spacial score (nSPS) is 18.9. The zero-order chi connectivity index (χ0) is 12.5. The van der Waals surface area contributed by atoms with E-state index in [1.54, 1.807) is 0 Å². The average Bonchev–Trinajstić information content (AvgIpc) is 2.66. The van der Waals surface area contributed by atoms with Crippen LogP contribution in [0.15, 0.2) is 18.2 Å². The van der Waals surface area contributed by atoms with E-state index in [-0.39, 0.29) is 6.04 Å². The fourth-order valence-corrected chi connectivity index (χ4v) is 2.11. The van der Waals surface area contributed by atoms with Gasteiger partial charge in [-0.2, -0.15) is 13.2 Å². The van der Waals surface area contributed by atoms with Crippen LogP contribution in [0, 0.1) is 0 Å². The quantitative estimate of drug-likeness (QED) is 0.854. The second kappa shape index (κ2) is 4.56. The molecule has 1 heterocycles. The van der Waals surface area contributed by atoms with E-state index in [2.05, 4.69) is 10.6 Å². The summed E-state index contributed by atoms with van der Waals surface area (Å²) in [5.74, 6) is 0. The Labute approximate surface area is 98.2 Å². The lowest BCUT2D eigenvalue weighted by molar-refractivity contribution is -0.137. The van der Waals surface area contributed by atoms with Crippen LogP contribution in [0.4, 0.5) is 18.9 Å². The molecule has 0 saturated carbocycles. The third kappa shape index (κ3) is 2.72. The molecule has 1 unspecified atom stereocenters. The number of halogens is 3. The summed E-state index contributed by atoms with van der Waals surface area (Å²) >= 11 is 0. The van der Waals surface area contributed by atoms with Gasteiger partial charge >= 0.3 is 6.18 Å². The molecule has 0 fully saturated rings. The molecule has 1 aromatic rings. The van der Waals surface area contributed by atoms with E-state index in [0.29, 0.717) is 6.42 Å². The fraction of sp³-hybridized carbons (Fsp3) is 0.500. The fourth-order valence-electron chi connectivity index (χ4n) is 2.11. The highest BCUT2D eigenvalue weighted by atomic mass is 19.4. The second-order valence-corrected chi connectivity index (χ2v) is 4.31. The topological polar surface area (TPSA) is 24.1 Å². The van der Waals surface area contributed by atoms with E-state index in [0.717, 1.165) is 30.3 Å². The monoisotopic (exact) mass is 244 g/mol. The van der Waals surface area contributed by atoms with Crippen LogP contribution in [-0.4, -0.2) is 19.6 Å². The third-order valence-corrected chi connectivity index (χ3v) is 3.00. The van der Waals surface area contributed by atoms with Crippen molar-refractivity contribution in [1.82, 2.24) is 5.32 Å². The Bertz CT molecular complexity index is 401. The van der Waals surface area contributed by atoms with Gasteiger partial charge in [0.2, 0.25) is 0 Å². The predicted molar refractivity (Wildman–Crippen MR) is 61.1 cm³/mol. The highest BCUT2D eigenvalue weighted by Crippen LogP contribution is 2.34. The van der Waals surface area contributed by atoms with Gasteiger partial charge in [-0.3, -0.25) is 0 Å². The Hall–Kier alpha value is -1.23. The number of benzene rings is 1. The molecule has 1 aliphatic heterocycles. The van der Waals surface area contributed by atoms with Crippen LogP contribution in [0.1, 0.15) is 17.5 Å². The zero-order valence-electron chi connectivity index (χ0n) is 9.56. The van der Waals surface area contributed by atoms with Gasteiger partial charge in [0.25, 0.3) is 0 Å². The van der Waals surface area contributed by atoms with Gasteiger partial charge in [-0.1, -0.05) is 0 Å². The smallest absolute Gasteiger partial charge is 0.382 e. The van der Waals surface area contributed by atoms with Crippen molar-refractivity contribution < 1.29 is 13.2 Å². The second-order valence-electron chi connectivity index (χ2n) is 4.31. The van der Waals surface area contributed by atoms with Crippen molar-refractivity contribution in [3.8, 4) is 0 Å². The minimum Gasteiger partial charge on any atom is -0.382 e. The highest BCUT2D eigenvalue weighted by molar-refractivity contribution is 5.58. The lowest BCUT2D eigenvalue weighted by Gasteiger charge is -2.10. The molecule has 0 aromatic heterocycles. The van der Waals surface area contributed by atoms with Crippen molar-refractivity contribution in [2.75, 3.05) is 18.9 Å². The zero-order valence-corrected chi connectivity index (χ0v) is 9.56. The van der Waals surface area contributed by atoms with Crippen LogP contribution in [-0.2, 0) is 12.6 Å². The number of hydrogen-bond donors (Lipinski definition) is 2. The molecule has 5 heteroatoms. The van der Waals surface area contributed by atoms with Crippen molar-refractivity contribution in [2.24, 2.45) is 0 Å². The maximum atomic E-state index is 12.5. The van der Waals surface area contributed by atoms with Crippen molar-refractivity contribution in [2.45, 2.75) is 25.1 Å². The summed E-state index contributed by atoms with van der Waals surface area (Å²) in [6.07, 6.45) is -2.68. The van der Waals surface area contributed by atoms with Gasteiger partial charge in [-0.25, -0.2) is 0 Å². The predicted octanol–water partition coefficient (Wildman–Crippen LogP) is 2.65. The molecule has 0 radical (unpaired) electrons. The Morgan fingerprint density at radius 1 is 1.41 bits per heavy atom. The Kier molecular flexibility index (Phi) is 3.28. The molecule has 17 heavy (non-hydrogen) atoms. The lowest BCUT2D eigenvalue weighted by atomic mass is 10.0. The van der Waals surface area contributed by atoms with Gasteiger partial charge in [-0.15, -0.1) is 0 Å². The summed E-state index contributed by atoms with van der Waals surface area (Å²) in [5, 5.41) is 6.28. The number of rotatable bonds is 3. The summed E-state index contributed by atoms with van der Waals surface area (Å²) < 4.78 is 37.6. The van der Waals surface area contributed by atoms with E-state index in [1.807, 2.05) is 7.05 Å². The summed E-state index contributed by atoms with van der Waals surface area (Å²) in [7, 11) is 1.86. The minimum atomic E-state index is -4.25. The van der Waals surface area contributed by atoms with Crippen LogP contribution in [0.3, 0.4) is 0 Å². The number of alkyl halides is 3. The molecule has 2 nitrogen and oxygen atoms in total. The number of hydrogen-bond acceptors (Lipinski definition) is 2. The van der Waals surface area contributed by atoms with Crippen LogP contribution >= 0.6 is 0 Å². The summed E-state index contributed by atoms with van der Waals surface area (Å²) in [4.78, 5) is 0. The highest BCUT2D eigenvalue weighted by Gasteiger charge is 2.32. The molecular weight excluding hydrogens is 229 g/mol. The van der Waals surface area contributed by atoms with Crippen molar-refractivity contribution in [1.29, 1.82) is 0 Å². The summed E-state index contributed by atoms with van der Waals surface area (Å²) in [6, 6.07) is 4.15. The van der Waals surface area contributed by atoms with E-state index < -0.39 is 11.7 Å². The van der Waals surface area contributed by atoms with Crippen molar-refractivity contribution in [3.63, 3.8) is 0 Å². The molecule has 94 valence electrons. The van der Waals surface area contributed by atoms with Crippen molar-refractivity contribution >= 4 is 5.69 Å². The minimum absolute atomic E-state index is 0.237. The molecular formula is C12H15F3N2. The van der Waals surface area contributed by atoms with Crippen LogP contribution in [0.25, 0.3) is 0 Å². The first kappa shape index (κ1) is 12.2. The summed E-state index contributed by atoms with van der Waals surface area (Å²) in [6.45, 7) is 0.859. The maximum Gasteiger partial charge on any atom is 0.416 e. The Balaban J connectivity index is 2.11. The first-order valence-corrected chi connectivity index (χ1v) is 5.62. The van der Waals surface area contributed by atoms with Gasteiger partial charge in [0.05, 0.1) is 5.56 Å². The van der Waals surface area contributed by atoms with Crippen LogP contribution < -0.4 is 10.6 Å². The number of anilines is 1. The largest absolute Gasteiger partial charge is 0.416 e. The molecule has 0 saturated heterocycles. The Morgan fingerprint density at radius 2 is 2.18 bits per heavy atom. The molecule has 0 bridgehead atoms. The molecule has 1 aliphatic rings. The molecule has 0 aliphatic carbocycles. The first-order valence-electron chi connectivity index (χ1n) is 5.62. The number of nitrogens with one attached hydrogen (secondary N) is 2. The Morgan fingerprint density at radius 3 is 2.82 bits per heavy atom. The standard InChI is InChI=1S/C12H15F3N2/c1-16-5-4-10-7-8-6-9(12(13,14)15)2-3-11(8)17-10/h2-3,6,10,16-17H,4-5,7H2,1H3. The van der Waals surface area contributed by atoms with E-state index in [4.69, 9.17) is 0 Å². The van der Waals surface area contributed by atoms with Gasteiger partial charge in [0, 0.05) is 11.7 Å². The van der Waals surface area contributed by atoms with Gasteiger partial charge in [0.1, 0.15) is 0 Å². The number of fused-ring (bicyclic) bond motifs is 1. The van der Waals surface area contributed by atoms with E-state index >= 15 is 0 Å². The molecule has 0 spiro atoms. The van der Waals surface area contributed by atoms with E-state index in [1.165, 1.54) is 12.1 Å². The molecule has 1 aromatic carbocycles. The maximum absolute atomic E-state index is 12.5. The van der Waals surface area contributed by atoms with Gasteiger partial charge in [0.15, 0.2) is 0 Å². The first-order chi connectivity index (χ1) is 8.00. The lowest BCUT2D eigenvalue weighted by Crippen LogP contribution is -2.21. The summed E-state index contributed by atoms with van der Waals surface area (Å²) in [5.41, 5.74) is 1.03. The SMILES string of the molecule is CNCCC1Cc2cc(C(F)(F)F)ccc2N1. The van der Waals surface area contributed by atoms with Crippen molar-refractivity contribution in [3.05, 3.63) is 29.3 Å². The van der Waals surface area contributed by atoms with Crippen LogP contribution in [0.2, 0.25) is 0 Å². The molecule has 2 N–H and O–H groups in total. The average molecular weight is 244 g/mol. The molecule has 0 amide bonds. The van der Waals surface area contributed by atoms with Gasteiger partial charge < -0.3 is 10.6 Å².